The monoisotopic (exact) mass is 285 g/mol. The van der Waals surface area contributed by atoms with E-state index in [4.69, 9.17) is 16.3 Å². The standard InChI is InChI=1S/C12H12ClNO5/c1-12(2,11(13)16)19-10(15)7-8-3-5-9(6-4-8)14(17)18/h3-6H,7H2,1-2H3. The van der Waals surface area contributed by atoms with Crippen LogP contribution in [0.1, 0.15) is 19.4 Å². The van der Waals surface area contributed by atoms with E-state index in [-0.39, 0.29) is 12.1 Å². The quantitative estimate of drug-likeness (QED) is 0.358. The number of nitro benzene ring substituents is 1. The molecular weight excluding hydrogens is 274 g/mol. The van der Waals surface area contributed by atoms with Crippen LogP contribution in [-0.4, -0.2) is 21.7 Å². The molecule has 0 aliphatic carbocycles. The van der Waals surface area contributed by atoms with Crippen LogP contribution < -0.4 is 0 Å². The van der Waals surface area contributed by atoms with Gasteiger partial charge >= 0.3 is 5.97 Å². The van der Waals surface area contributed by atoms with Gasteiger partial charge in [0, 0.05) is 12.1 Å². The molecule has 0 heterocycles. The molecule has 0 aromatic heterocycles. The molecule has 1 aromatic carbocycles. The maximum Gasteiger partial charge on any atom is 0.311 e. The topological polar surface area (TPSA) is 86.5 Å². The summed E-state index contributed by atoms with van der Waals surface area (Å²) >= 11 is 5.28. The highest BCUT2D eigenvalue weighted by atomic mass is 35.5. The third-order valence-corrected chi connectivity index (χ3v) is 2.79. The molecule has 0 fully saturated rings. The molecule has 7 heteroatoms. The number of non-ortho nitro benzene ring substituents is 1. The van der Waals surface area contributed by atoms with Crippen molar-refractivity contribution in [1.82, 2.24) is 0 Å². The highest BCUT2D eigenvalue weighted by molar-refractivity contribution is 6.65. The lowest BCUT2D eigenvalue weighted by atomic mass is 10.1. The third-order valence-electron chi connectivity index (χ3n) is 2.34. The molecule has 0 spiro atoms. The van der Waals surface area contributed by atoms with E-state index in [1.54, 1.807) is 0 Å². The summed E-state index contributed by atoms with van der Waals surface area (Å²) in [6.45, 7) is 2.77. The number of carbonyl (C=O) groups excluding carboxylic acids is 2. The summed E-state index contributed by atoms with van der Waals surface area (Å²) in [6.07, 6.45) is -0.0917. The van der Waals surface area contributed by atoms with Crippen molar-refractivity contribution in [2.45, 2.75) is 25.9 Å². The summed E-state index contributed by atoms with van der Waals surface area (Å²) < 4.78 is 4.93. The molecule has 0 radical (unpaired) electrons. The van der Waals surface area contributed by atoms with Gasteiger partial charge in [-0.1, -0.05) is 12.1 Å². The number of nitrogens with zero attached hydrogens (tertiary/aromatic N) is 1. The van der Waals surface area contributed by atoms with Crippen molar-refractivity contribution in [3.63, 3.8) is 0 Å². The molecule has 0 aliphatic rings. The SMILES string of the molecule is CC(C)(OC(=O)Cc1ccc([N+](=O)[O-])cc1)C(=O)Cl. The summed E-state index contributed by atoms with van der Waals surface area (Å²) in [5.74, 6) is -0.632. The smallest absolute Gasteiger partial charge is 0.311 e. The van der Waals surface area contributed by atoms with Gasteiger partial charge in [0.25, 0.3) is 10.9 Å². The van der Waals surface area contributed by atoms with Gasteiger partial charge in [-0.05, 0) is 31.0 Å². The Hall–Kier alpha value is -1.95. The first-order valence-electron chi connectivity index (χ1n) is 5.37. The second kappa shape index (κ2) is 5.79. The maximum atomic E-state index is 11.6. The molecule has 0 unspecified atom stereocenters. The molecule has 19 heavy (non-hydrogen) atoms. The van der Waals surface area contributed by atoms with Crippen molar-refractivity contribution in [1.29, 1.82) is 0 Å². The van der Waals surface area contributed by atoms with Gasteiger partial charge in [-0.3, -0.25) is 19.7 Å². The average Bonchev–Trinajstić information content (AvgIpc) is 2.28. The molecule has 1 aromatic rings. The van der Waals surface area contributed by atoms with Crippen LogP contribution in [0, 0.1) is 10.1 Å². The van der Waals surface area contributed by atoms with Crippen LogP contribution in [0.3, 0.4) is 0 Å². The van der Waals surface area contributed by atoms with Crippen LogP contribution in [0.5, 0.6) is 0 Å². The zero-order valence-electron chi connectivity index (χ0n) is 10.4. The molecule has 1 rings (SSSR count). The highest BCUT2D eigenvalue weighted by Crippen LogP contribution is 2.16. The van der Waals surface area contributed by atoms with Crippen LogP contribution >= 0.6 is 11.6 Å². The van der Waals surface area contributed by atoms with Crippen molar-refractivity contribution < 1.29 is 19.2 Å². The van der Waals surface area contributed by atoms with Gasteiger partial charge in [-0.2, -0.15) is 0 Å². The Labute approximate surface area is 114 Å². The highest BCUT2D eigenvalue weighted by Gasteiger charge is 2.30. The Kier molecular flexibility index (Phi) is 4.61. The lowest BCUT2D eigenvalue weighted by Crippen LogP contribution is -2.34. The number of hydrogen-bond acceptors (Lipinski definition) is 5. The second-order valence-electron chi connectivity index (χ2n) is 4.36. The number of hydrogen-bond donors (Lipinski definition) is 0. The predicted octanol–water partition coefficient (Wildman–Crippen LogP) is 2.22. The molecule has 6 nitrogen and oxygen atoms in total. The van der Waals surface area contributed by atoms with Gasteiger partial charge in [-0.15, -0.1) is 0 Å². The summed E-state index contributed by atoms with van der Waals surface area (Å²) in [5.41, 5.74) is -0.902. The first-order chi connectivity index (χ1) is 8.72. The number of halogens is 1. The fraction of sp³-hybridized carbons (Fsp3) is 0.333. The number of rotatable bonds is 5. The van der Waals surface area contributed by atoms with E-state index < -0.39 is 21.7 Å². The van der Waals surface area contributed by atoms with Gasteiger partial charge < -0.3 is 4.74 Å². The average molecular weight is 286 g/mol. The number of esters is 1. The zero-order valence-corrected chi connectivity index (χ0v) is 11.1. The van der Waals surface area contributed by atoms with E-state index in [9.17, 15) is 19.7 Å². The fourth-order valence-electron chi connectivity index (χ4n) is 1.26. The predicted molar refractivity (Wildman–Crippen MR) is 67.8 cm³/mol. The molecule has 0 amide bonds. The molecule has 0 saturated carbocycles. The number of nitro groups is 1. The molecule has 102 valence electrons. The lowest BCUT2D eigenvalue weighted by Gasteiger charge is -2.20. The van der Waals surface area contributed by atoms with Crippen molar-refractivity contribution in [3.8, 4) is 0 Å². The zero-order chi connectivity index (χ0) is 14.6. The largest absolute Gasteiger partial charge is 0.450 e. The molecule has 0 aliphatic heterocycles. The van der Waals surface area contributed by atoms with Crippen molar-refractivity contribution in [3.05, 3.63) is 39.9 Å². The lowest BCUT2D eigenvalue weighted by molar-refractivity contribution is -0.384. The number of ether oxygens (including phenoxy) is 1. The van der Waals surface area contributed by atoms with Crippen LogP contribution in [-0.2, 0) is 20.7 Å². The van der Waals surface area contributed by atoms with Crippen LogP contribution in [0.4, 0.5) is 5.69 Å². The number of carbonyl (C=O) groups is 2. The Morgan fingerprint density at radius 2 is 1.84 bits per heavy atom. The fourth-order valence-corrected chi connectivity index (χ4v) is 1.30. The Bertz CT molecular complexity index is 509. The first kappa shape index (κ1) is 15.1. The minimum atomic E-state index is -1.39. The normalized spacial score (nSPS) is 10.9. The van der Waals surface area contributed by atoms with Crippen molar-refractivity contribution in [2.24, 2.45) is 0 Å². The van der Waals surface area contributed by atoms with E-state index in [2.05, 4.69) is 0 Å². The van der Waals surface area contributed by atoms with Crippen molar-refractivity contribution >= 4 is 28.5 Å². The Morgan fingerprint density at radius 1 is 1.32 bits per heavy atom. The van der Waals surface area contributed by atoms with Gasteiger partial charge in [0.05, 0.1) is 11.3 Å². The molecule has 0 atom stereocenters. The van der Waals surface area contributed by atoms with E-state index in [0.717, 1.165) is 0 Å². The third kappa shape index (κ3) is 4.33. The van der Waals surface area contributed by atoms with Gasteiger partial charge in [0.1, 0.15) is 0 Å². The molecular formula is C12H12ClNO5. The van der Waals surface area contributed by atoms with E-state index >= 15 is 0 Å². The maximum absolute atomic E-state index is 11.6. The summed E-state index contributed by atoms with van der Waals surface area (Å²) in [6, 6.07) is 5.49. The molecule has 0 saturated heterocycles. The minimum Gasteiger partial charge on any atom is -0.450 e. The summed E-state index contributed by atoms with van der Waals surface area (Å²) in [7, 11) is 0. The van der Waals surface area contributed by atoms with Crippen LogP contribution in [0.2, 0.25) is 0 Å². The minimum absolute atomic E-state index is 0.0617. The van der Waals surface area contributed by atoms with Crippen molar-refractivity contribution in [2.75, 3.05) is 0 Å². The Balaban J connectivity index is 2.67. The van der Waals surface area contributed by atoms with Crippen LogP contribution in [0.25, 0.3) is 0 Å². The number of benzene rings is 1. The van der Waals surface area contributed by atoms with Gasteiger partial charge in [0.2, 0.25) is 0 Å². The van der Waals surface area contributed by atoms with E-state index in [1.807, 2.05) is 0 Å². The van der Waals surface area contributed by atoms with E-state index in [0.29, 0.717) is 5.56 Å². The van der Waals surface area contributed by atoms with Gasteiger partial charge in [0.15, 0.2) is 5.60 Å². The Morgan fingerprint density at radius 3 is 2.26 bits per heavy atom. The molecule has 0 N–H and O–H groups in total. The second-order valence-corrected chi connectivity index (χ2v) is 4.70. The summed E-state index contributed by atoms with van der Waals surface area (Å²) in [4.78, 5) is 32.5. The van der Waals surface area contributed by atoms with Crippen LogP contribution in [0.15, 0.2) is 24.3 Å². The van der Waals surface area contributed by atoms with E-state index in [1.165, 1.54) is 38.1 Å². The van der Waals surface area contributed by atoms with Gasteiger partial charge in [-0.25, -0.2) is 0 Å². The summed E-state index contributed by atoms with van der Waals surface area (Å²) in [5, 5.41) is 9.69. The molecule has 0 bridgehead atoms. The first-order valence-corrected chi connectivity index (χ1v) is 5.75.